The minimum absolute atomic E-state index is 0.107. The Bertz CT molecular complexity index is 593. The molecule has 2 N–H and O–H groups in total. The fraction of sp³-hybridized carbons (Fsp3) is 0.294. The standard InChI is InChI=1S/C17H19Br2N/c1-11(2)8-12-4-3-5-13(9-12)17(20)15-7-6-14(18)10-16(15)19/h3-7,9-11,17H,8,20H2,1-2H3. The molecule has 2 aromatic carbocycles. The van der Waals surface area contributed by atoms with Gasteiger partial charge in [0.25, 0.3) is 0 Å². The van der Waals surface area contributed by atoms with Crippen LogP contribution in [-0.2, 0) is 6.42 Å². The highest BCUT2D eigenvalue weighted by molar-refractivity contribution is 9.11. The topological polar surface area (TPSA) is 26.0 Å². The van der Waals surface area contributed by atoms with Crippen LogP contribution in [-0.4, -0.2) is 0 Å². The van der Waals surface area contributed by atoms with Crippen molar-refractivity contribution in [2.75, 3.05) is 0 Å². The Balaban J connectivity index is 2.30. The second kappa shape index (κ2) is 6.88. The van der Waals surface area contributed by atoms with Gasteiger partial charge in [-0.05, 0) is 41.2 Å². The summed E-state index contributed by atoms with van der Waals surface area (Å²) in [7, 11) is 0. The fourth-order valence-corrected chi connectivity index (χ4v) is 3.61. The summed E-state index contributed by atoms with van der Waals surface area (Å²) in [5, 5.41) is 0. The molecular formula is C17H19Br2N. The second-order valence-corrected chi connectivity index (χ2v) is 7.26. The number of halogens is 2. The van der Waals surface area contributed by atoms with E-state index in [0.717, 1.165) is 26.5 Å². The summed E-state index contributed by atoms with van der Waals surface area (Å²) < 4.78 is 2.09. The van der Waals surface area contributed by atoms with Gasteiger partial charge in [-0.2, -0.15) is 0 Å². The van der Waals surface area contributed by atoms with Crippen molar-refractivity contribution in [1.29, 1.82) is 0 Å². The Hall–Kier alpha value is -0.640. The predicted octanol–water partition coefficient (Wildman–Crippen LogP) is 5.46. The zero-order valence-electron chi connectivity index (χ0n) is 11.7. The highest BCUT2D eigenvalue weighted by Crippen LogP contribution is 2.29. The average Bonchev–Trinajstić information content (AvgIpc) is 2.37. The smallest absolute Gasteiger partial charge is 0.0562 e. The maximum atomic E-state index is 6.42. The van der Waals surface area contributed by atoms with Gasteiger partial charge in [0.2, 0.25) is 0 Å². The quantitative estimate of drug-likeness (QED) is 0.729. The van der Waals surface area contributed by atoms with Crippen LogP contribution in [0.5, 0.6) is 0 Å². The first kappa shape index (κ1) is 15.7. The van der Waals surface area contributed by atoms with Crippen LogP contribution in [0.3, 0.4) is 0 Å². The molecule has 0 radical (unpaired) electrons. The van der Waals surface area contributed by atoms with Crippen molar-refractivity contribution in [2.45, 2.75) is 26.3 Å². The summed E-state index contributed by atoms with van der Waals surface area (Å²) in [5.41, 5.74) is 10.0. The minimum atomic E-state index is -0.107. The van der Waals surface area contributed by atoms with E-state index in [0.29, 0.717) is 5.92 Å². The lowest BCUT2D eigenvalue weighted by molar-refractivity contribution is 0.646. The Kier molecular flexibility index (Phi) is 5.42. The van der Waals surface area contributed by atoms with Crippen LogP contribution in [0.2, 0.25) is 0 Å². The number of nitrogens with two attached hydrogens (primary N) is 1. The summed E-state index contributed by atoms with van der Waals surface area (Å²) in [6.07, 6.45) is 1.09. The van der Waals surface area contributed by atoms with E-state index in [2.05, 4.69) is 76.0 Å². The van der Waals surface area contributed by atoms with Crippen LogP contribution in [0.1, 0.15) is 36.6 Å². The Morgan fingerprint density at radius 2 is 1.80 bits per heavy atom. The first-order chi connectivity index (χ1) is 9.47. The lowest BCUT2D eigenvalue weighted by Crippen LogP contribution is -2.13. The fourth-order valence-electron chi connectivity index (χ4n) is 2.32. The molecule has 0 amide bonds. The van der Waals surface area contributed by atoms with E-state index in [-0.39, 0.29) is 6.04 Å². The van der Waals surface area contributed by atoms with Crippen LogP contribution in [0.15, 0.2) is 51.4 Å². The zero-order chi connectivity index (χ0) is 14.7. The molecule has 0 bridgehead atoms. The van der Waals surface area contributed by atoms with Crippen molar-refractivity contribution in [2.24, 2.45) is 11.7 Å². The molecule has 0 spiro atoms. The Morgan fingerprint density at radius 3 is 2.45 bits per heavy atom. The third kappa shape index (κ3) is 3.94. The van der Waals surface area contributed by atoms with Crippen molar-refractivity contribution >= 4 is 31.9 Å². The monoisotopic (exact) mass is 395 g/mol. The molecule has 2 rings (SSSR count). The molecule has 1 unspecified atom stereocenters. The lowest BCUT2D eigenvalue weighted by atomic mass is 9.95. The Morgan fingerprint density at radius 1 is 1.05 bits per heavy atom. The maximum absolute atomic E-state index is 6.42. The molecule has 20 heavy (non-hydrogen) atoms. The minimum Gasteiger partial charge on any atom is -0.320 e. The molecule has 0 fully saturated rings. The summed E-state index contributed by atoms with van der Waals surface area (Å²) in [4.78, 5) is 0. The molecule has 106 valence electrons. The van der Waals surface area contributed by atoms with E-state index in [1.54, 1.807) is 0 Å². The summed E-state index contributed by atoms with van der Waals surface area (Å²) in [6.45, 7) is 4.47. The third-order valence-electron chi connectivity index (χ3n) is 3.25. The molecule has 0 saturated heterocycles. The molecule has 3 heteroatoms. The van der Waals surface area contributed by atoms with Gasteiger partial charge in [-0.3, -0.25) is 0 Å². The zero-order valence-corrected chi connectivity index (χ0v) is 14.9. The normalized spacial score (nSPS) is 12.7. The van der Waals surface area contributed by atoms with Gasteiger partial charge in [0.15, 0.2) is 0 Å². The molecule has 0 heterocycles. The SMILES string of the molecule is CC(C)Cc1cccc(C(N)c2ccc(Br)cc2Br)c1. The number of benzene rings is 2. The van der Waals surface area contributed by atoms with Crippen molar-refractivity contribution in [1.82, 2.24) is 0 Å². The molecule has 0 aliphatic carbocycles. The first-order valence-electron chi connectivity index (χ1n) is 6.76. The lowest BCUT2D eigenvalue weighted by Gasteiger charge is -2.16. The van der Waals surface area contributed by atoms with Gasteiger partial charge in [0, 0.05) is 8.95 Å². The van der Waals surface area contributed by atoms with Crippen LogP contribution < -0.4 is 5.73 Å². The Labute approximate surface area is 137 Å². The second-order valence-electron chi connectivity index (χ2n) is 5.49. The molecule has 0 aliphatic rings. The summed E-state index contributed by atoms with van der Waals surface area (Å²) in [5.74, 6) is 0.654. The van der Waals surface area contributed by atoms with E-state index in [4.69, 9.17) is 5.73 Å². The number of rotatable bonds is 4. The molecule has 1 nitrogen and oxygen atoms in total. The third-order valence-corrected chi connectivity index (χ3v) is 4.43. The van der Waals surface area contributed by atoms with Gasteiger partial charge >= 0.3 is 0 Å². The molecule has 0 saturated carbocycles. The number of hydrogen-bond donors (Lipinski definition) is 1. The van der Waals surface area contributed by atoms with Crippen molar-refractivity contribution in [3.63, 3.8) is 0 Å². The van der Waals surface area contributed by atoms with Gasteiger partial charge in [0.1, 0.15) is 0 Å². The molecule has 2 aromatic rings. The van der Waals surface area contributed by atoms with E-state index in [1.807, 2.05) is 12.1 Å². The van der Waals surface area contributed by atoms with Crippen LogP contribution in [0.4, 0.5) is 0 Å². The van der Waals surface area contributed by atoms with Gasteiger partial charge in [-0.1, -0.05) is 76.0 Å². The molecule has 0 aliphatic heterocycles. The average molecular weight is 397 g/mol. The summed E-state index contributed by atoms with van der Waals surface area (Å²) >= 11 is 7.06. The van der Waals surface area contributed by atoms with Crippen LogP contribution >= 0.6 is 31.9 Å². The van der Waals surface area contributed by atoms with Gasteiger partial charge in [-0.15, -0.1) is 0 Å². The van der Waals surface area contributed by atoms with E-state index >= 15 is 0 Å². The molecule has 0 aromatic heterocycles. The number of hydrogen-bond acceptors (Lipinski definition) is 1. The van der Waals surface area contributed by atoms with Crippen molar-refractivity contribution in [3.05, 3.63) is 68.1 Å². The van der Waals surface area contributed by atoms with E-state index < -0.39 is 0 Å². The highest BCUT2D eigenvalue weighted by atomic mass is 79.9. The molecular weight excluding hydrogens is 378 g/mol. The van der Waals surface area contributed by atoms with Crippen molar-refractivity contribution < 1.29 is 0 Å². The highest BCUT2D eigenvalue weighted by Gasteiger charge is 2.13. The maximum Gasteiger partial charge on any atom is 0.0562 e. The molecule has 1 atom stereocenters. The van der Waals surface area contributed by atoms with Crippen molar-refractivity contribution in [3.8, 4) is 0 Å². The van der Waals surface area contributed by atoms with Crippen LogP contribution in [0.25, 0.3) is 0 Å². The first-order valence-corrected chi connectivity index (χ1v) is 8.35. The van der Waals surface area contributed by atoms with E-state index in [9.17, 15) is 0 Å². The van der Waals surface area contributed by atoms with Gasteiger partial charge < -0.3 is 5.73 Å². The largest absolute Gasteiger partial charge is 0.320 e. The van der Waals surface area contributed by atoms with E-state index in [1.165, 1.54) is 5.56 Å². The van der Waals surface area contributed by atoms with Crippen LogP contribution in [0, 0.1) is 5.92 Å². The van der Waals surface area contributed by atoms with Gasteiger partial charge in [0.05, 0.1) is 6.04 Å². The predicted molar refractivity (Wildman–Crippen MR) is 92.9 cm³/mol. The summed E-state index contributed by atoms with van der Waals surface area (Å²) in [6, 6.07) is 14.6. The van der Waals surface area contributed by atoms with Gasteiger partial charge in [-0.25, -0.2) is 0 Å².